The highest BCUT2D eigenvalue weighted by molar-refractivity contribution is 8.22. The lowest BCUT2D eigenvalue weighted by Crippen LogP contribution is -2.34. The van der Waals surface area contributed by atoms with Crippen LogP contribution >= 0.6 is 33.7 Å². The molecule has 0 bridgehead atoms. The van der Waals surface area contributed by atoms with E-state index in [1.807, 2.05) is 49.7 Å². The smallest absolute Gasteiger partial charge is 0.306 e. The van der Waals surface area contributed by atoms with Gasteiger partial charge in [-0.15, -0.1) is 27.2 Å². The Bertz CT molecular complexity index is 1540. The normalized spacial score (nSPS) is 18.5. The summed E-state index contributed by atoms with van der Waals surface area (Å²) in [6, 6.07) is 13.0. The number of aryl methyl sites for hydroxylation is 2. The van der Waals surface area contributed by atoms with Crippen LogP contribution in [0, 0.1) is 6.92 Å². The van der Waals surface area contributed by atoms with Crippen LogP contribution in [-0.4, -0.2) is 54.1 Å². The van der Waals surface area contributed by atoms with E-state index in [1.54, 1.807) is 22.5 Å². The van der Waals surface area contributed by atoms with Crippen molar-refractivity contribution in [2.24, 2.45) is 0 Å². The Kier molecular flexibility index (Phi) is 8.42. The number of fused-ring (bicyclic) bond motifs is 2. The van der Waals surface area contributed by atoms with Gasteiger partial charge in [-0.3, -0.25) is 13.9 Å². The standard InChI is InChI=1S/C28H33ClN4O5S2/c1-5-19-16-32(40(35,36)25-10-8-7-9-23(25)38-19)15-18-13-24(39-28(18)29)21(14-26(34)37-4)20-11-12-22-27(17(20)3)30-31-33(22)6-2/h7-13,19,21,35-36H,5-6,14-16H2,1-4H3. The minimum Gasteiger partial charge on any atom is -0.487 e. The number of methoxy groups -OCH3 is 1. The molecule has 0 saturated carbocycles. The lowest BCUT2D eigenvalue weighted by Gasteiger charge is -2.41. The Morgan fingerprint density at radius 3 is 2.77 bits per heavy atom. The van der Waals surface area contributed by atoms with E-state index in [9.17, 15) is 13.9 Å². The van der Waals surface area contributed by atoms with Gasteiger partial charge in [0.25, 0.3) is 0 Å². The van der Waals surface area contributed by atoms with Gasteiger partial charge in [-0.25, -0.2) is 4.68 Å². The first kappa shape index (κ1) is 28.8. The molecule has 40 heavy (non-hydrogen) atoms. The zero-order chi connectivity index (χ0) is 28.6. The molecule has 5 rings (SSSR count). The van der Waals surface area contributed by atoms with Crippen LogP contribution in [0.3, 0.4) is 0 Å². The number of ether oxygens (including phenoxy) is 2. The molecule has 1 aliphatic rings. The highest BCUT2D eigenvalue weighted by atomic mass is 35.5. The van der Waals surface area contributed by atoms with Gasteiger partial charge in [-0.1, -0.05) is 41.9 Å². The maximum atomic E-state index is 12.5. The van der Waals surface area contributed by atoms with Crippen molar-refractivity contribution < 1.29 is 23.4 Å². The Morgan fingerprint density at radius 1 is 1.27 bits per heavy atom. The molecule has 0 aliphatic carbocycles. The average Bonchev–Trinajstić information content (AvgIpc) is 3.51. The van der Waals surface area contributed by atoms with Crippen LogP contribution in [0.2, 0.25) is 4.34 Å². The van der Waals surface area contributed by atoms with Crippen LogP contribution < -0.4 is 4.74 Å². The molecule has 2 aromatic heterocycles. The van der Waals surface area contributed by atoms with Crippen molar-refractivity contribution in [3.63, 3.8) is 0 Å². The zero-order valence-electron chi connectivity index (χ0n) is 22.8. The van der Waals surface area contributed by atoms with Crippen molar-refractivity contribution in [1.82, 2.24) is 19.3 Å². The number of nitrogens with zero attached hydrogens (tertiary/aromatic N) is 4. The molecule has 12 heteroatoms. The number of carbonyl (C=O) groups excluding carboxylic acids is 1. The minimum atomic E-state index is -3.33. The molecule has 0 spiro atoms. The Morgan fingerprint density at radius 2 is 2.05 bits per heavy atom. The fraction of sp³-hybridized carbons (Fsp3) is 0.393. The maximum Gasteiger partial charge on any atom is 0.306 e. The summed E-state index contributed by atoms with van der Waals surface area (Å²) in [5, 5.41) is 8.64. The average molecular weight is 605 g/mol. The summed E-state index contributed by atoms with van der Waals surface area (Å²) in [6.45, 7) is 7.24. The summed E-state index contributed by atoms with van der Waals surface area (Å²) in [7, 11) is -1.95. The summed E-state index contributed by atoms with van der Waals surface area (Å²) >= 11 is 8.18. The molecule has 214 valence electrons. The third-order valence-corrected chi connectivity index (χ3v) is 10.9. The van der Waals surface area contributed by atoms with E-state index in [0.717, 1.165) is 32.6 Å². The number of para-hydroxylation sites is 1. The van der Waals surface area contributed by atoms with Crippen LogP contribution in [0.1, 0.15) is 54.2 Å². The van der Waals surface area contributed by atoms with Gasteiger partial charge in [0.15, 0.2) is 0 Å². The van der Waals surface area contributed by atoms with E-state index >= 15 is 0 Å². The quantitative estimate of drug-likeness (QED) is 0.210. The van der Waals surface area contributed by atoms with E-state index in [0.29, 0.717) is 34.5 Å². The largest absolute Gasteiger partial charge is 0.487 e. The number of hydrogen-bond donors (Lipinski definition) is 2. The number of hydrogen-bond acceptors (Lipinski definition) is 9. The minimum absolute atomic E-state index is 0.124. The van der Waals surface area contributed by atoms with Crippen molar-refractivity contribution in [3.05, 3.63) is 68.4 Å². The van der Waals surface area contributed by atoms with E-state index in [2.05, 4.69) is 10.3 Å². The van der Waals surface area contributed by atoms with Crippen molar-refractivity contribution in [1.29, 1.82) is 0 Å². The molecular formula is C28H33ClN4O5S2. The number of halogens is 1. The van der Waals surface area contributed by atoms with E-state index in [1.165, 1.54) is 18.4 Å². The molecule has 1 aliphatic heterocycles. The fourth-order valence-electron chi connectivity index (χ4n) is 5.13. The van der Waals surface area contributed by atoms with Crippen molar-refractivity contribution >= 4 is 50.7 Å². The van der Waals surface area contributed by atoms with Crippen LogP contribution in [0.5, 0.6) is 5.75 Å². The lowest BCUT2D eigenvalue weighted by atomic mass is 9.89. The van der Waals surface area contributed by atoms with Gasteiger partial charge in [0.2, 0.25) is 0 Å². The molecular weight excluding hydrogens is 572 g/mol. The fourth-order valence-corrected chi connectivity index (χ4v) is 8.15. The number of thiophene rings is 1. The summed E-state index contributed by atoms with van der Waals surface area (Å²) < 4.78 is 38.0. The number of rotatable bonds is 8. The zero-order valence-corrected chi connectivity index (χ0v) is 25.2. The van der Waals surface area contributed by atoms with E-state index in [-0.39, 0.29) is 31.0 Å². The first-order valence-corrected chi connectivity index (χ1v) is 15.8. The SMILES string of the molecule is CCC1CN(Cc2cc(C(CC(=O)OC)c3ccc4c(nnn4CC)c3C)sc2Cl)S(O)(O)c2ccccc2O1. The molecule has 0 fully saturated rings. The predicted octanol–water partition coefficient (Wildman–Crippen LogP) is 6.87. The summed E-state index contributed by atoms with van der Waals surface area (Å²) in [5.74, 6) is -0.177. The highest BCUT2D eigenvalue weighted by Crippen LogP contribution is 2.58. The van der Waals surface area contributed by atoms with Crippen LogP contribution in [0.25, 0.3) is 11.0 Å². The first-order valence-electron chi connectivity index (χ1n) is 13.1. The summed E-state index contributed by atoms with van der Waals surface area (Å²) in [5.41, 5.74) is 4.36. The monoisotopic (exact) mass is 604 g/mol. The Balaban J connectivity index is 1.52. The molecule has 2 unspecified atom stereocenters. The van der Waals surface area contributed by atoms with Crippen molar-refractivity contribution in [2.75, 3.05) is 13.7 Å². The van der Waals surface area contributed by atoms with Gasteiger partial charge in [-0.05, 0) is 61.2 Å². The van der Waals surface area contributed by atoms with Crippen LogP contribution in [0.4, 0.5) is 0 Å². The second kappa shape index (κ2) is 11.7. The molecule has 2 N–H and O–H groups in total. The Hall–Kier alpha value is -2.67. The summed E-state index contributed by atoms with van der Waals surface area (Å²) in [6.07, 6.45) is 0.609. The second-order valence-corrected chi connectivity index (χ2v) is 13.4. The summed E-state index contributed by atoms with van der Waals surface area (Å²) in [4.78, 5) is 13.8. The molecule has 0 amide bonds. The third-order valence-electron chi connectivity index (χ3n) is 7.38. The molecule has 4 aromatic rings. The number of carbonyl (C=O) groups is 1. The predicted molar refractivity (Wildman–Crippen MR) is 158 cm³/mol. The maximum absolute atomic E-state index is 12.5. The Labute approximate surface area is 244 Å². The van der Waals surface area contributed by atoms with E-state index in [4.69, 9.17) is 21.1 Å². The number of esters is 1. The highest BCUT2D eigenvalue weighted by Gasteiger charge is 2.35. The van der Waals surface area contributed by atoms with Crippen LogP contribution in [0.15, 0.2) is 47.4 Å². The molecule has 9 nitrogen and oxygen atoms in total. The van der Waals surface area contributed by atoms with E-state index < -0.39 is 10.8 Å². The van der Waals surface area contributed by atoms with Gasteiger partial charge >= 0.3 is 5.97 Å². The molecule has 0 saturated heterocycles. The van der Waals surface area contributed by atoms with Gasteiger partial charge in [0, 0.05) is 23.9 Å². The van der Waals surface area contributed by atoms with Gasteiger partial charge in [0.1, 0.15) is 22.3 Å². The number of aromatic nitrogens is 3. The molecule has 3 heterocycles. The number of benzene rings is 2. The first-order chi connectivity index (χ1) is 19.2. The lowest BCUT2D eigenvalue weighted by molar-refractivity contribution is -0.140. The van der Waals surface area contributed by atoms with Gasteiger partial charge < -0.3 is 9.47 Å². The second-order valence-electron chi connectivity index (χ2n) is 9.77. The third kappa shape index (κ3) is 5.34. The van der Waals surface area contributed by atoms with Crippen LogP contribution in [-0.2, 0) is 22.6 Å². The van der Waals surface area contributed by atoms with Gasteiger partial charge in [-0.2, -0.15) is 4.31 Å². The molecule has 2 atom stereocenters. The molecule has 2 aromatic carbocycles. The molecule has 0 radical (unpaired) electrons. The topological polar surface area (TPSA) is 110 Å². The van der Waals surface area contributed by atoms with Crippen molar-refractivity contribution in [2.45, 2.75) is 63.6 Å². The van der Waals surface area contributed by atoms with Gasteiger partial charge in [0.05, 0.1) is 29.9 Å². The van der Waals surface area contributed by atoms with Crippen molar-refractivity contribution in [3.8, 4) is 5.75 Å².